The summed E-state index contributed by atoms with van der Waals surface area (Å²) in [4.78, 5) is 4.55. The van der Waals surface area contributed by atoms with Crippen LogP contribution in [0.3, 0.4) is 0 Å². The SMILES string of the molecule is Cc1ccccc1/N=c1\ccc2c(-c3ccccc3S(=O)(=O)O)c3ccc(Cl)cc3oc-2c1. The molecule has 164 valence electrons. The van der Waals surface area contributed by atoms with Crippen molar-refractivity contribution in [3.63, 3.8) is 0 Å². The van der Waals surface area contributed by atoms with Crippen molar-refractivity contribution in [3.8, 4) is 22.5 Å². The Bertz CT molecular complexity index is 1670. The normalized spacial score (nSPS) is 12.5. The van der Waals surface area contributed by atoms with Crippen molar-refractivity contribution in [1.82, 2.24) is 0 Å². The number of aryl methyl sites for hydroxylation is 1. The molecule has 7 heteroatoms. The van der Waals surface area contributed by atoms with Crippen molar-refractivity contribution in [2.24, 2.45) is 4.99 Å². The van der Waals surface area contributed by atoms with Gasteiger partial charge >= 0.3 is 0 Å². The predicted octanol–water partition coefficient (Wildman–Crippen LogP) is 6.65. The largest absolute Gasteiger partial charge is 0.456 e. The van der Waals surface area contributed by atoms with Gasteiger partial charge in [0, 0.05) is 39.2 Å². The van der Waals surface area contributed by atoms with Gasteiger partial charge < -0.3 is 4.42 Å². The van der Waals surface area contributed by atoms with Crippen LogP contribution in [-0.4, -0.2) is 13.0 Å². The van der Waals surface area contributed by atoms with Crippen molar-refractivity contribution in [2.45, 2.75) is 11.8 Å². The molecular formula is C26H18ClNO4S. The minimum Gasteiger partial charge on any atom is -0.456 e. The Morgan fingerprint density at radius 1 is 0.879 bits per heavy atom. The van der Waals surface area contributed by atoms with Gasteiger partial charge in [0.15, 0.2) is 0 Å². The molecule has 0 spiro atoms. The molecule has 1 aliphatic carbocycles. The third kappa shape index (κ3) is 4.04. The summed E-state index contributed by atoms with van der Waals surface area (Å²) >= 11 is 6.21. The molecular weight excluding hydrogens is 458 g/mol. The molecule has 1 heterocycles. The van der Waals surface area contributed by atoms with E-state index in [1.165, 1.54) is 6.07 Å². The summed E-state index contributed by atoms with van der Waals surface area (Å²) in [5.41, 5.74) is 4.06. The van der Waals surface area contributed by atoms with Crippen LogP contribution in [0.25, 0.3) is 33.4 Å². The van der Waals surface area contributed by atoms with Gasteiger partial charge in [0.1, 0.15) is 16.2 Å². The Kier molecular flexibility index (Phi) is 5.29. The summed E-state index contributed by atoms with van der Waals surface area (Å²) in [6.07, 6.45) is 0. The van der Waals surface area contributed by atoms with Gasteiger partial charge in [-0.05, 0) is 48.9 Å². The van der Waals surface area contributed by atoms with Crippen molar-refractivity contribution in [3.05, 3.63) is 101 Å². The van der Waals surface area contributed by atoms with E-state index in [1.54, 1.807) is 36.4 Å². The Hall–Kier alpha value is -3.45. The maximum Gasteiger partial charge on any atom is 0.295 e. The average Bonchev–Trinajstić information content (AvgIpc) is 2.78. The number of rotatable bonds is 3. The first kappa shape index (κ1) is 21.4. The van der Waals surface area contributed by atoms with E-state index < -0.39 is 10.1 Å². The summed E-state index contributed by atoms with van der Waals surface area (Å²) in [5, 5.41) is 1.85. The first-order valence-corrected chi connectivity index (χ1v) is 12.0. The van der Waals surface area contributed by atoms with Crippen molar-refractivity contribution in [1.29, 1.82) is 0 Å². The van der Waals surface area contributed by atoms with Crippen LogP contribution in [0.2, 0.25) is 5.02 Å². The summed E-state index contributed by atoms with van der Waals surface area (Å²) in [5.74, 6) is 0.514. The van der Waals surface area contributed by atoms with Crippen molar-refractivity contribution < 1.29 is 17.4 Å². The second-order valence-corrected chi connectivity index (χ2v) is 9.49. The molecule has 0 saturated carbocycles. The first-order valence-electron chi connectivity index (χ1n) is 10.1. The van der Waals surface area contributed by atoms with Gasteiger partial charge in [-0.15, -0.1) is 0 Å². The number of hydrogen-bond donors (Lipinski definition) is 1. The highest BCUT2D eigenvalue weighted by Gasteiger charge is 2.23. The van der Waals surface area contributed by atoms with Gasteiger partial charge in [0.2, 0.25) is 0 Å². The maximum absolute atomic E-state index is 12.1. The lowest BCUT2D eigenvalue weighted by molar-refractivity contribution is 0.483. The maximum atomic E-state index is 12.1. The molecule has 0 fully saturated rings. The zero-order valence-electron chi connectivity index (χ0n) is 17.5. The fourth-order valence-corrected chi connectivity index (χ4v) is 4.80. The molecule has 0 atom stereocenters. The van der Waals surface area contributed by atoms with E-state index in [4.69, 9.17) is 21.0 Å². The van der Waals surface area contributed by atoms with Crippen LogP contribution in [-0.2, 0) is 10.1 Å². The second-order valence-electron chi connectivity index (χ2n) is 7.67. The Morgan fingerprint density at radius 3 is 2.42 bits per heavy atom. The fourth-order valence-electron chi connectivity index (χ4n) is 3.94. The number of hydrogen-bond acceptors (Lipinski definition) is 4. The van der Waals surface area contributed by atoms with Crippen molar-refractivity contribution >= 4 is 38.4 Å². The summed E-state index contributed by atoms with van der Waals surface area (Å²) in [7, 11) is -4.46. The molecule has 0 unspecified atom stereocenters. The first-order chi connectivity index (χ1) is 15.8. The highest BCUT2D eigenvalue weighted by atomic mass is 35.5. The van der Waals surface area contributed by atoms with Gasteiger partial charge in [-0.25, -0.2) is 4.99 Å². The molecule has 5 nitrogen and oxygen atoms in total. The molecule has 0 amide bonds. The summed E-state index contributed by atoms with van der Waals surface area (Å²) < 4.78 is 40.3. The van der Waals surface area contributed by atoms with Gasteiger partial charge in [-0.1, -0.05) is 48.0 Å². The number of nitrogens with zero attached hydrogens (tertiary/aromatic N) is 1. The smallest absolute Gasteiger partial charge is 0.295 e. The molecule has 3 aromatic rings. The number of halogens is 1. The second kappa shape index (κ2) is 8.15. The highest BCUT2D eigenvalue weighted by Crippen LogP contribution is 2.42. The Labute approximate surface area is 195 Å². The lowest BCUT2D eigenvalue weighted by atomic mass is 9.93. The quantitative estimate of drug-likeness (QED) is 0.234. The van der Waals surface area contributed by atoms with Crippen LogP contribution in [0.1, 0.15) is 5.56 Å². The zero-order valence-corrected chi connectivity index (χ0v) is 19.1. The lowest BCUT2D eigenvalue weighted by Gasteiger charge is -2.17. The van der Waals surface area contributed by atoms with Crippen LogP contribution in [0.4, 0.5) is 5.69 Å². The molecule has 2 aliphatic rings. The van der Waals surface area contributed by atoms with Gasteiger partial charge in [-0.2, -0.15) is 8.42 Å². The zero-order chi connectivity index (χ0) is 23.2. The van der Waals surface area contributed by atoms with E-state index in [0.717, 1.165) is 11.3 Å². The van der Waals surface area contributed by atoms with Crippen LogP contribution < -0.4 is 5.36 Å². The number of fused-ring (bicyclic) bond motifs is 2. The summed E-state index contributed by atoms with van der Waals surface area (Å²) in [6, 6.07) is 24.8. The fraction of sp³-hybridized carbons (Fsp3) is 0.0385. The third-order valence-corrected chi connectivity index (χ3v) is 6.61. The number of para-hydroxylation sites is 1. The standard InChI is InChI=1S/C26H18ClNO4S/c1-16-6-2-4-8-22(16)28-18-11-13-20-24(15-18)32-23-14-17(27)10-12-19(23)26(20)21-7-3-5-9-25(21)33(29,30)31/h2-15H,1H3,(H,29,30,31)/b28-18+. The van der Waals surface area contributed by atoms with Gasteiger partial charge in [-0.3, -0.25) is 4.55 Å². The van der Waals surface area contributed by atoms with E-state index in [2.05, 4.69) is 0 Å². The van der Waals surface area contributed by atoms with Crippen molar-refractivity contribution in [2.75, 3.05) is 0 Å². The molecule has 0 radical (unpaired) electrons. The average molecular weight is 476 g/mol. The molecule has 0 aromatic heterocycles. The third-order valence-electron chi connectivity index (χ3n) is 5.47. The minimum atomic E-state index is -4.46. The van der Waals surface area contributed by atoms with Gasteiger partial charge in [0.05, 0.1) is 11.0 Å². The van der Waals surface area contributed by atoms with Crippen LogP contribution in [0, 0.1) is 6.92 Å². The number of benzene rings is 4. The Balaban J connectivity index is 1.87. The molecule has 3 aromatic carbocycles. The predicted molar refractivity (Wildman–Crippen MR) is 129 cm³/mol. The highest BCUT2D eigenvalue weighted by molar-refractivity contribution is 7.86. The molecule has 33 heavy (non-hydrogen) atoms. The molecule has 0 saturated heterocycles. The van der Waals surface area contributed by atoms with E-state index in [0.29, 0.717) is 43.8 Å². The lowest BCUT2D eigenvalue weighted by Crippen LogP contribution is -2.04. The molecule has 1 N–H and O–H groups in total. The minimum absolute atomic E-state index is 0.178. The molecule has 5 rings (SSSR count). The van der Waals surface area contributed by atoms with Crippen LogP contribution in [0.5, 0.6) is 0 Å². The van der Waals surface area contributed by atoms with Gasteiger partial charge in [0.25, 0.3) is 10.1 Å². The summed E-state index contributed by atoms with van der Waals surface area (Å²) in [6.45, 7) is 1.99. The topological polar surface area (TPSA) is 79.9 Å². The molecule has 0 bridgehead atoms. The van der Waals surface area contributed by atoms with E-state index in [-0.39, 0.29) is 4.90 Å². The van der Waals surface area contributed by atoms with Crippen LogP contribution in [0.15, 0.2) is 99.2 Å². The van der Waals surface area contributed by atoms with E-state index >= 15 is 0 Å². The molecule has 1 aliphatic heterocycles. The van der Waals surface area contributed by atoms with Crippen LogP contribution >= 0.6 is 11.6 Å². The Morgan fingerprint density at radius 2 is 1.64 bits per heavy atom. The monoisotopic (exact) mass is 475 g/mol. The van der Waals surface area contributed by atoms with E-state index in [1.807, 2.05) is 49.4 Å². The van der Waals surface area contributed by atoms with E-state index in [9.17, 15) is 13.0 Å².